The molecule has 2 heterocycles. The van der Waals surface area contributed by atoms with Gasteiger partial charge in [-0.25, -0.2) is 0 Å². The number of rotatable bonds is 8. The maximum atomic E-state index is 13.4. The molecule has 1 aliphatic rings. The average Bonchev–Trinajstić information content (AvgIpc) is 3.29. The highest BCUT2D eigenvalue weighted by Crippen LogP contribution is 2.27. The summed E-state index contributed by atoms with van der Waals surface area (Å²) < 4.78 is 5.44. The van der Waals surface area contributed by atoms with Gasteiger partial charge in [-0.1, -0.05) is 26.2 Å². The number of hydrogen-bond acceptors (Lipinski definition) is 5. The first-order valence-corrected chi connectivity index (χ1v) is 11.9. The van der Waals surface area contributed by atoms with Crippen LogP contribution in [0.5, 0.6) is 0 Å². The summed E-state index contributed by atoms with van der Waals surface area (Å²) in [6.07, 6.45) is 7.21. The number of amides is 2. The number of anilines is 2. The topological polar surface area (TPSA) is 70.7 Å². The Kier molecular flexibility index (Phi) is 7.94. The number of nitrogens with zero attached hydrogens (tertiary/aromatic N) is 1. The molecule has 3 rings (SSSR count). The first kappa shape index (κ1) is 23.8. The molecule has 32 heavy (non-hydrogen) atoms. The summed E-state index contributed by atoms with van der Waals surface area (Å²) in [5.74, 6) is 2.06. The quantitative estimate of drug-likeness (QED) is 0.588. The minimum atomic E-state index is -0.997. The van der Waals surface area contributed by atoms with Gasteiger partial charge in [0.25, 0.3) is 5.91 Å². The average molecular weight is 454 g/mol. The maximum absolute atomic E-state index is 13.4. The number of nitrogens with one attached hydrogen (secondary N) is 2. The monoisotopic (exact) mass is 453 g/mol. The van der Waals surface area contributed by atoms with Crippen LogP contribution in [0.3, 0.4) is 0 Å². The molecule has 1 atom stereocenters. The molecule has 2 N–H and O–H groups in total. The van der Waals surface area contributed by atoms with E-state index in [9.17, 15) is 9.59 Å². The van der Waals surface area contributed by atoms with E-state index in [0.29, 0.717) is 22.6 Å². The second-order valence-electron chi connectivity index (χ2n) is 8.00. The second-order valence-corrected chi connectivity index (χ2v) is 9.09. The Morgan fingerprint density at radius 2 is 1.97 bits per heavy atom. The minimum absolute atomic E-state index is 0.206. The lowest BCUT2D eigenvalue weighted by Crippen LogP contribution is -2.56. The third-order valence-electron chi connectivity index (χ3n) is 5.85. The van der Waals surface area contributed by atoms with Crippen molar-refractivity contribution in [1.82, 2.24) is 5.32 Å². The molecule has 1 unspecified atom stereocenters. The zero-order valence-corrected chi connectivity index (χ0v) is 19.8. The van der Waals surface area contributed by atoms with Crippen LogP contribution in [0.4, 0.5) is 11.4 Å². The van der Waals surface area contributed by atoms with Gasteiger partial charge in [0, 0.05) is 24.5 Å². The fraction of sp³-hybridized carbons (Fsp3) is 0.440. The Balaban J connectivity index is 1.77. The van der Waals surface area contributed by atoms with Crippen LogP contribution in [-0.4, -0.2) is 43.7 Å². The molecular weight excluding hydrogens is 422 g/mol. The fourth-order valence-electron chi connectivity index (χ4n) is 4.04. The van der Waals surface area contributed by atoms with Crippen LogP contribution >= 0.6 is 11.3 Å². The van der Waals surface area contributed by atoms with E-state index >= 15 is 0 Å². The highest BCUT2D eigenvalue weighted by atomic mass is 32.1. The van der Waals surface area contributed by atoms with E-state index < -0.39 is 5.54 Å². The lowest BCUT2D eigenvalue weighted by atomic mass is 9.89. The van der Waals surface area contributed by atoms with Crippen LogP contribution in [0.1, 0.15) is 53.2 Å². The van der Waals surface area contributed by atoms with Gasteiger partial charge < -0.3 is 20.3 Å². The molecule has 0 radical (unpaired) electrons. The van der Waals surface area contributed by atoms with Crippen molar-refractivity contribution < 1.29 is 14.3 Å². The van der Waals surface area contributed by atoms with Crippen molar-refractivity contribution in [2.24, 2.45) is 0 Å². The molecule has 1 saturated heterocycles. The molecule has 6 nitrogen and oxygen atoms in total. The number of carbonyl (C=O) groups is 2. The van der Waals surface area contributed by atoms with Gasteiger partial charge in [0.15, 0.2) is 0 Å². The van der Waals surface area contributed by atoms with Gasteiger partial charge in [-0.3, -0.25) is 9.59 Å². The third-order valence-corrected chi connectivity index (χ3v) is 6.86. The van der Waals surface area contributed by atoms with Crippen molar-refractivity contribution in [3.63, 3.8) is 0 Å². The van der Waals surface area contributed by atoms with E-state index in [1.165, 1.54) is 11.3 Å². The Morgan fingerprint density at radius 3 is 2.56 bits per heavy atom. The van der Waals surface area contributed by atoms with Crippen LogP contribution in [0.15, 0.2) is 30.3 Å². The lowest BCUT2D eigenvalue weighted by molar-refractivity contribution is -0.122. The number of aryl methyl sites for hydroxylation is 1. The summed E-state index contributed by atoms with van der Waals surface area (Å²) in [4.78, 5) is 29.8. The smallest absolute Gasteiger partial charge is 0.262 e. The van der Waals surface area contributed by atoms with E-state index in [0.717, 1.165) is 49.7 Å². The van der Waals surface area contributed by atoms with Crippen LogP contribution in [0, 0.1) is 19.3 Å². The van der Waals surface area contributed by atoms with Crippen LogP contribution < -0.4 is 15.5 Å². The van der Waals surface area contributed by atoms with E-state index in [4.69, 9.17) is 11.2 Å². The molecule has 7 heteroatoms. The van der Waals surface area contributed by atoms with Crippen molar-refractivity contribution in [2.45, 2.75) is 45.6 Å². The molecule has 1 aliphatic heterocycles. The van der Waals surface area contributed by atoms with Crippen molar-refractivity contribution in [2.75, 3.05) is 36.5 Å². The zero-order valence-electron chi connectivity index (χ0n) is 19.0. The fourth-order valence-corrected chi connectivity index (χ4v) is 4.76. The summed E-state index contributed by atoms with van der Waals surface area (Å²) in [5.41, 5.74) is 1.96. The standard InChI is InChI=1S/C25H31N3O3S/c1-5-12-25(7-3,27-23(29)22-11-9-20(6-2)32-22)24(30)26-19-8-10-21(18(4)17-19)28-13-15-31-16-14-28/h2,8-11,17H,5,7,12-16H2,1,3-4H3,(H,26,30)(H,27,29). The van der Waals surface area contributed by atoms with Gasteiger partial charge >= 0.3 is 0 Å². The molecular formula is C25H31N3O3S. The molecule has 0 bridgehead atoms. The van der Waals surface area contributed by atoms with Crippen molar-refractivity contribution in [3.8, 4) is 12.3 Å². The van der Waals surface area contributed by atoms with E-state index in [1.54, 1.807) is 12.1 Å². The zero-order chi connectivity index (χ0) is 23.1. The largest absolute Gasteiger partial charge is 0.378 e. The van der Waals surface area contributed by atoms with Gasteiger partial charge in [0.05, 0.1) is 23.0 Å². The van der Waals surface area contributed by atoms with Crippen molar-refractivity contribution in [3.05, 3.63) is 45.6 Å². The molecule has 1 fully saturated rings. The van der Waals surface area contributed by atoms with Gasteiger partial charge in [-0.15, -0.1) is 17.8 Å². The number of terminal acetylenes is 1. The predicted octanol–water partition coefficient (Wildman–Crippen LogP) is 4.19. The molecule has 2 aromatic rings. The van der Waals surface area contributed by atoms with E-state index in [2.05, 4.69) is 21.5 Å². The van der Waals surface area contributed by atoms with Gasteiger partial charge in [-0.05, 0) is 55.7 Å². The highest BCUT2D eigenvalue weighted by molar-refractivity contribution is 7.14. The summed E-state index contributed by atoms with van der Waals surface area (Å²) >= 11 is 1.25. The van der Waals surface area contributed by atoms with Crippen LogP contribution in [0.2, 0.25) is 0 Å². The van der Waals surface area contributed by atoms with Gasteiger partial charge in [-0.2, -0.15) is 0 Å². The molecule has 1 aromatic heterocycles. The highest BCUT2D eigenvalue weighted by Gasteiger charge is 2.38. The van der Waals surface area contributed by atoms with Crippen molar-refractivity contribution >= 4 is 34.5 Å². The maximum Gasteiger partial charge on any atom is 0.262 e. The van der Waals surface area contributed by atoms with E-state index in [1.807, 2.05) is 39.0 Å². The van der Waals surface area contributed by atoms with Gasteiger partial charge in [0.1, 0.15) is 5.54 Å². The lowest BCUT2D eigenvalue weighted by Gasteiger charge is -2.33. The Morgan fingerprint density at radius 1 is 1.22 bits per heavy atom. The molecule has 170 valence electrons. The second kappa shape index (κ2) is 10.7. The number of thiophene rings is 1. The third kappa shape index (κ3) is 5.32. The Bertz CT molecular complexity index is 1000. The van der Waals surface area contributed by atoms with Gasteiger partial charge in [0.2, 0.25) is 5.91 Å². The summed E-state index contributed by atoms with van der Waals surface area (Å²) in [5, 5.41) is 6.04. The SMILES string of the molecule is C#Cc1ccc(C(=O)NC(CC)(CCC)C(=O)Nc2ccc(N3CCOCC3)c(C)c2)s1. The number of morpholine rings is 1. The van der Waals surface area contributed by atoms with Crippen molar-refractivity contribution in [1.29, 1.82) is 0 Å². The number of carbonyl (C=O) groups excluding carboxylic acids is 2. The molecule has 0 spiro atoms. The number of benzene rings is 1. The summed E-state index contributed by atoms with van der Waals surface area (Å²) in [6.45, 7) is 9.13. The molecule has 2 amide bonds. The normalized spacial score (nSPS) is 15.5. The molecule has 0 saturated carbocycles. The number of ether oxygens (including phenoxy) is 1. The summed E-state index contributed by atoms with van der Waals surface area (Å²) in [6, 6.07) is 9.38. The molecule has 0 aliphatic carbocycles. The van der Waals surface area contributed by atoms with Crippen LogP contribution in [0.25, 0.3) is 0 Å². The molecule has 1 aromatic carbocycles. The Hall–Kier alpha value is -2.82. The summed E-state index contributed by atoms with van der Waals surface area (Å²) in [7, 11) is 0. The van der Waals surface area contributed by atoms with E-state index in [-0.39, 0.29) is 11.8 Å². The number of hydrogen-bond donors (Lipinski definition) is 2. The first-order valence-electron chi connectivity index (χ1n) is 11.1. The predicted molar refractivity (Wildman–Crippen MR) is 130 cm³/mol. The minimum Gasteiger partial charge on any atom is -0.378 e. The first-order chi connectivity index (χ1) is 15.4. The Labute approximate surface area is 194 Å². The van der Waals surface area contributed by atoms with Crippen LogP contribution in [-0.2, 0) is 9.53 Å².